The molecule has 0 aliphatic carbocycles. The van der Waals surface area contributed by atoms with E-state index in [1.165, 1.54) is 6.07 Å². The van der Waals surface area contributed by atoms with Crippen LogP contribution in [0.4, 0.5) is 0 Å². The first-order valence-electron chi connectivity index (χ1n) is 5.55. The lowest BCUT2D eigenvalue weighted by Gasteiger charge is -2.34. The van der Waals surface area contributed by atoms with Crippen LogP contribution in [-0.2, 0) is 4.79 Å². The maximum absolute atomic E-state index is 11.4. The highest BCUT2D eigenvalue weighted by atomic mass is 16.5. The lowest BCUT2D eigenvalue weighted by atomic mass is 9.92. The van der Waals surface area contributed by atoms with Crippen LogP contribution in [0.3, 0.4) is 0 Å². The van der Waals surface area contributed by atoms with Crippen LogP contribution in [0.5, 0.6) is 11.5 Å². The zero-order chi connectivity index (χ0) is 12.3. The Morgan fingerprint density at radius 2 is 1.94 bits per heavy atom. The smallest absolute Gasteiger partial charge is 0.348 e. The van der Waals surface area contributed by atoms with Crippen molar-refractivity contribution in [3.05, 3.63) is 24.3 Å². The minimum Gasteiger partial charge on any atom is -0.504 e. The summed E-state index contributed by atoms with van der Waals surface area (Å²) >= 11 is 0. The molecule has 1 aromatic rings. The fourth-order valence-corrected chi connectivity index (χ4v) is 1.94. The minimum atomic E-state index is -1.23. The van der Waals surface area contributed by atoms with Crippen molar-refractivity contribution in [1.29, 1.82) is 0 Å². The molecule has 1 aliphatic heterocycles. The van der Waals surface area contributed by atoms with Gasteiger partial charge in [-0.3, -0.25) is 0 Å². The monoisotopic (exact) mass is 237 g/mol. The number of rotatable bonds is 3. The zero-order valence-electron chi connectivity index (χ0n) is 9.35. The largest absolute Gasteiger partial charge is 0.504 e. The summed E-state index contributed by atoms with van der Waals surface area (Å²) in [5, 5.41) is 22.0. The zero-order valence-corrected chi connectivity index (χ0v) is 9.35. The van der Waals surface area contributed by atoms with E-state index in [4.69, 9.17) is 4.74 Å². The van der Waals surface area contributed by atoms with Gasteiger partial charge in [-0.05, 0) is 25.2 Å². The van der Waals surface area contributed by atoms with E-state index in [2.05, 4.69) is 5.32 Å². The maximum Gasteiger partial charge on any atom is 0.348 e. The molecule has 0 atom stereocenters. The van der Waals surface area contributed by atoms with E-state index in [-0.39, 0.29) is 11.5 Å². The number of piperidine rings is 1. The van der Waals surface area contributed by atoms with Crippen LogP contribution in [0.25, 0.3) is 0 Å². The maximum atomic E-state index is 11.4. The predicted octanol–water partition coefficient (Wildman–Crippen LogP) is 0.978. The molecule has 1 heterocycles. The van der Waals surface area contributed by atoms with Crippen molar-refractivity contribution >= 4 is 5.97 Å². The Labute approximate surface area is 99.0 Å². The Morgan fingerprint density at radius 3 is 2.53 bits per heavy atom. The van der Waals surface area contributed by atoms with Gasteiger partial charge in [0.05, 0.1) is 0 Å². The van der Waals surface area contributed by atoms with Crippen molar-refractivity contribution in [2.45, 2.75) is 18.4 Å². The van der Waals surface area contributed by atoms with Gasteiger partial charge in [0.25, 0.3) is 0 Å². The second-order valence-corrected chi connectivity index (χ2v) is 4.12. The summed E-state index contributed by atoms with van der Waals surface area (Å²) in [7, 11) is 0. The summed E-state index contributed by atoms with van der Waals surface area (Å²) in [6.07, 6.45) is 0.771. The molecule has 1 aromatic carbocycles. The first-order valence-corrected chi connectivity index (χ1v) is 5.55. The molecule has 0 radical (unpaired) electrons. The fraction of sp³-hybridized carbons (Fsp3) is 0.417. The molecule has 5 nitrogen and oxygen atoms in total. The average molecular weight is 237 g/mol. The molecule has 2 rings (SSSR count). The number of carboxylic acid groups (broad SMARTS) is 1. The van der Waals surface area contributed by atoms with Crippen molar-refractivity contribution in [3.8, 4) is 11.5 Å². The lowest BCUT2D eigenvalue weighted by molar-refractivity contribution is -0.157. The molecule has 1 saturated heterocycles. The van der Waals surface area contributed by atoms with E-state index < -0.39 is 11.6 Å². The molecular formula is C12H15NO4. The van der Waals surface area contributed by atoms with Gasteiger partial charge in [0, 0.05) is 12.8 Å². The van der Waals surface area contributed by atoms with Gasteiger partial charge in [0.2, 0.25) is 5.60 Å². The Morgan fingerprint density at radius 1 is 1.29 bits per heavy atom. The minimum absolute atomic E-state index is 0.0355. The molecule has 0 spiro atoms. The van der Waals surface area contributed by atoms with Crippen molar-refractivity contribution in [2.24, 2.45) is 0 Å². The normalized spacial score (nSPS) is 18.6. The first-order chi connectivity index (χ1) is 8.14. The number of aromatic hydroxyl groups is 1. The second-order valence-electron chi connectivity index (χ2n) is 4.12. The van der Waals surface area contributed by atoms with Gasteiger partial charge in [-0.2, -0.15) is 0 Å². The SMILES string of the molecule is O=C(O)C1(Oc2ccccc2O)CCNCC1. The standard InChI is InChI=1S/C12H15NO4/c14-9-3-1-2-4-10(9)17-12(11(15)16)5-7-13-8-6-12/h1-4,13-14H,5-8H2,(H,15,16). The quantitative estimate of drug-likeness (QED) is 0.730. The van der Waals surface area contributed by atoms with Crippen LogP contribution in [0, 0.1) is 0 Å². The summed E-state index contributed by atoms with van der Waals surface area (Å²) in [4.78, 5) is 11.4. The van der Waals surface area contributed by atoms with Gasteiger partial charge in [-0.1, -0.05) is 12.1 Å². The van der Waals surface area contributed by atoms with Gasteiger partial charge in [-0.25, -0.2) is 4.79 Å². The molecule has 3 N–H and O–H groups in total. The van der Waals surface area contributed by atoms with E-state index in [1.807, 2.05) is 0 Å². The van der Waals surface area contributed by atoms with E-state index in [9.17, 15) is 15.0 Å². The highest BCUT2D eigenvalue weighted by molar-refractivity contribution is 5.78. The van der Waals surface area contributed by atoms with Crippen LogP contribution in [0.15, 0.2) is 24.3 Å². The number of ether oxygens (including phenoxy) is 1. The van der Waals surface area contributed by atoms with Crippen LogP contribution in [0.2, 0.25) is 0 Å². The van der Waals surface area contributed by atoms with E-state index in [0.717, 1.165) is 0 Å². The molecule has 0 amide bonds. The van der Waals surface area contributed by atoms with Gasteiger partial charge in [-0.15, -0.1) is 0 Å². The number of phenols is 1. The second kappa shape index (κ2) is 4.63. The number of nitrogens with one attached hydrogen (secondary N) is 1. The number of phenolic OH excluding ortho intramolecular Hbond substituents is 1. The van der Waals surface area contributed by atoms with Gasteiger partial charge in [0.1, 0.15) is 0 Å². The van der Waals surface area contributed by atoms with Crippen molar-refractivity contribution in [1.82, 2.24) is 5.32 Å². The summed E-state index contributed by atoms with van der Waals surface area (Å²) in [5.74, 6) is -0.800. The van der Waals surface area contributed by atoms with E-state index in [0.29, 0.717) is 25.9 Å². The van der Waals surface area contributed by atoms with Gasteiger partial charge < -0.3 is 20.3 Å². The third-order valence-electron chi connectivity index (χ3n) is 2.97. The van der Waals surface area contributed by atoms with Crippen LogP contribution in [-0.4, -0.2) is 34.9 Å². The summed E-state index contributed by atoms with van der Waals surface area (Å²) < 4.78 is 5.55. The number of para-hydroxylation sites is 2. The summed E-state index contributed by atoms with van der Waals surface area (Å²) in [6, 6.07) is 6.41. The summed E-state index contributed by atoms with van der Waals surface area (Å²) in [5.41, 5.74) is -1.23. The number of aliphatic carboxylic acids is 1. The van der Waals surface area contributed by atoms with Gasteiger partial charge in [0.15, 0.2) is 11.5 Å². The molecule has 1 aliphatic rings. The topological polar surface area (TPSA) is 78.8 Å². The van der Waals surface area contributed by atoms with E-state index >= 15 is 0 Å². The Kier molecular flexibility index (Phi) is 3.19. The average Bonchev–Trinajstić information content (AvgIpc) is 2.33. The molecular weight excluding hydrogens is 222 g/mol. The van der Waals surface area contributed by atoms with Crippen LogP contribution >= 0.6 is 0 Å². The first kappa shape index (κ1) is 11.7. The van der Waals surface area contributed by atoms with Crippen molar-refractivity contribution in [2.75, 3.05) is 13.1 Å². The Hall–Kier alpha value is -1.75. The third-order valence-corrected chi connectivity index (χ3v) is 2.97. The van der Waals surface area contributed by atoms with Crippen LogP contribution in [0.1, 0.15) is 12.8 Å². The number of hydrogen-bond acceptors (Lipinski definition) is 4. The molecule has 17 heavy (non-hydrogen) atoms. The van der Waals surface area contributed by atoms with Crippen molar-refractivity contribution < 1.29 is 19.7 Å². The third kappa shape index (κ3) is 2.34. The Balaban J connectivity index is 2.24. The molecule has 0 aromatic heterocycles. The molecule has 0 bridgehead atoms. The number of carboxylic acids is 1. The lowest BCUT2D eigenvalue weighted by Crippen LogP contribution is -2.52. The van der Waals surface area contributed by atoms with Crippen molar-refractivity contribution in [3.63, 3.8) is 0 Å². The van der Waals surface area contributed by atoms with E-state index in [1.54, 1.807) is 18.2 Å². The number of hydrogen-bond donors (Lipinski definition) is 3. The molecule has 92 valence electrons. The number of carbonyl (C=O) groups is 1. The fourth-order valence-electron chi connectivity index (χ4n) is 1.94. The Bertz CT molecular complexity index is 413. The predicted molar refractivity (Wildman–Crippen MR) is 61.2 cm³/mol. The number of benzene rings is 1. The highest BCUT2D eigenvalue weighted by Gasteiger charge is 2.42. The molecule has 0 saturated carbocycles. The highest BCUT2D eigenvalue weighted by Crippen LogP contribution is 2.32. The van der Waals surface area contributed by atoms with Gasteiger partial charge >= 0.3 is 5.97 Å². The molecule has 0 unspecified atom stereocenters. The molecule has 1 fully saturated rings. The summed E-state index contributed by atoms with van der Waals surface area (Å²) in [6.45, 7) is 1.19. The van der Waals surface area contributed by atoms with Crippen LogP contribution < -0.4 is 10.1 Å². The molecule has 5 heteroatoms.